The van der Waals surface area contributed by atoms with Crippen LogP contribution in [0.3, 0.4) is 0 Å². The maximum atomic E-state index is 11.4. The SMILES string of the molecule is C=Nc1cc(OC)c(OC)cc1SCN.CCSc1ccc(C(C=O)Nc2ccccc2OC)cc1. The lowest BCUT2D eigenvalue weighted by Gasteiger charge is -2.17. The van der Waals surface area contributed by atoms with Crippen LogP contribution in [0.15, 0.2) is 75.4 Å². The van der Waals surface area contributed by atoms with E-state index in [2.05, 4.69) is 24.0 Å². The van der Waals surface area contributed by atoms with E-state index in [0.717, 1.165) is 39.6 Å². The highest BCUT2D eigenvalue weighted by molar-refractivity contribution is 7.99. The molecular weight excluding hydrogens is 494 g/mol. The molecule has 1 atom stereocenters. The fourth-order valence-electron chi connectivity index (χ4n) is 3.24. The van der Waals surface area contributed by atoms with Crippen LogP contribution >= 0.6 is 23.5 Å². The first-order chi connectivity index (χ1) is 17.5. The van der Waals surface area contributed by atoms with Gasteiger partial charge in [0.25, 0.3) is 0 Å². The molecule has 7 nitrogen and oxygen atoms in total. The molecular formula is C27H33N3O4S2. The second kappa shape index (κ2) is 15.8. The Balaban J connectivity index is 0.000000269. The van der Waals surface area contributed by atoms with Crippen molar-refractivity contribution in [3.8, 4) is 17.2 Å². The Morgan fingerprint density at radius 1 is 0.972 bits per heavy atom. The summed E-state index contributed by atoms with van der Waals surface area (Å²) in [4.78, 5) is 17.5. The number of aliphatic imine (C=N–C) groups is 1. The van der Waals surface area contributed by atoms with Crippen LogP contribution in [0.25, 0.3) is 0 Å². The fourth-order valence-corrected chi connectivity index (χ4v) is 4.55. The largest absolute Gasteiger partial charge is 0.495 e. The van der Waals surface area contributed by atoms with Crippen molar-refractivity contribution < 1.29 is 19.0 Å². The molecule has 0 saturated heterocycles. The molecule has 0 fully saturated rings. The molecule has 0 heterocycles. The van der Waals surface area contributed by atoms with Gasteiger partial charge in [0.1, 0.15) is 18.1 Å². The van der Waals surface area contributed by atoms with E-state index in [1.54, 1.807) is 39.2 Å². The van der Waals surface area contributed by atoms with Crippen LogP contribution in [0, 0.1) is 0 Å². The van der Waals surface area contributed by atoms with Gasteiger partial charge in [-0.25, -0.2) is 0 Å². The maximum absolute atomic E-state index is 11.4. The quantitative estimate of drug-likeness (QED) is 0.124. The number of nitrogens with two attached hydrogens (primary N) is 1. The molecule has 3 N–H and O–H groups in total. The van der Waals surface area contributed by atoms with Gasteiger partial charge in [0.2, 0.25) is 0 Å². The van der Waals surface area contributed by atoms with Gasteiger partial charge in [-0.2, -0.15) is 0 Å². The van der Waals surface area contributed by atoms with Gasteiger partial charge in [0, 0.05) is 21.7 Å². The third-order valence-electron chi connectivity index (χ3n) is 4.98. The second-order valence-corrected chi connectivity index (χ2v) is 9.50. The maximum Gasteiger partial charge on any atom is 0.162 e. The highest BCUT2D eigenvalue weighted by atomic mass is 32.2. The lowest BCUT2D eigenvalue weighted by Crippen LogP contribution is -2.12. The van der Waals surface area contributed by atoms with Crippen molar-refractivity contribution in [1.82, 2.24) is 0 Å². The number of nitrogens with zero attached hydrogens (tertiary/aromatic N) is 1. The molecule has 0 radical (unpaired) electrons. The Morgan fingerprint density at radius 3 is 2.17 bits per heavy atom. The Labute approximate surface area is 221 Å². The second-order valence-electron chi connectivity index (χ2n) is 7.10. The number of nitrogens with one attached hydrogen (secondary N) is 1. The standard InChI is InChI=1S/C17H19NO2S.C10H14N2O2S/c1-3-21-14-10-8-13(9-11-14)16(12-19)18-15-6-4-5-7-17(15)20-2;1-12-7-4-8(13-2)9(14-3)5-10(7)15-6-11/h4-12,16,18H,3H2,1-2H3;4-5H,1,6,11H2,2-3H3. The summed E-state index contributed by atoms with van der Waals surface area (Å²) in [5.41, 5.74) is 7.98. The van der Waals surface area contributed by atoms with Crippen LogP contribution < -0.4 is 25.3 Å². The minimum atomic E-state index is -0.387. The number of rotatable bonds is 12. The van der Waals surface area contributed by atoms with E-state index in [0.29, 0.717) is 17.4 Å². The number of para-hydroxylation sites is 2. The van der Waals surface area contributed by atoms with Gasteiger partial charge in [0.05, 0.1) is 32.7 Å². The monoisotopic (exact) mass is 527 g/mol. The normalized spacial score (nSPS) is 10.9. The van der Waals surface area contributed by atoms with Crippen molar-refractivity contribution in [1.29, 1.82) is 0 Å². The molecule has 0 aliphatic carbocycles. The average molecular weight is 528 g/mol. The topological polar surface area (TPSA) is 95.2 Å². The van der Waals surface area contributed by atoms with Crippen molar-refractivity contribution in [2.75, 3.05) is 38.3 Å². The Morgan fingerprint density at radius 2 is 1.61 bits per heavy atom. The third-order valence-corrected chi connectivity index (χ3v) is 6.68. The number of methoxy groups -OCH3 is 3. The molecule has 3 aromatic carbocycles. The summed E-state index contributed by atoms with van der Waals surface area (Å²) in [7, 11) is 4.80. The summed E-state index contributed by atoms with van der Waals surface area (Å²) >= 11 is 3.27. The van der Waals surface area contributed by atoms with Gasteiger partial charge in [-0.3, -0.25) is 4.99 Å². The third kappa shape index (κ3) is 8.22. The van der Waals surface area contributed by atoms with Gasteiger partial charge in [-0.05, 0) is 48.4 Å². The molecule has 0 bridgehead atoms. The predicted octanol–water partition coefficient (Wildman–Crippen LogP) is 6.20. The minimum Gasteiger partial charge on any atom is -0.495 e. The van der Waals surface area contributed by atoms with E-state index in [-0.39, 0.29) is 6.04 Å². The van der Waals surface area contributed by atoms with Gasteiger partial charge in [-0.1, -0.05) is 31.2 Å². The van der Waals surface area contributed by atoms with E-state index in [1.165, 1.54) is 16.7 Å². The fraction of sp³-hybridized carbons (Fsp3) is 0.259. The van der Waals surface area contributed by atoms with E-state index >= 15 is 0 Å². The summed E-state index contributed by atoms with van der Waals surface area (Å²) in [6.07, 6.45) is 0.911. The number of hydrogen-bond acceptors (Lipinski definition) is 9. The first-order valence-corrected chi connectivity index (χ1v) is 13.1. The Kier molecular flexibility index (Phi) is 12.7. The van der Waals surface area contributed by atoms with Crippen molar-refractivity contribution >= 4 is 47.9 Å². The Bertz CT molecular complexity index is 1110. The van der Waals surface area contributed by atoms with Crippen LogP contribution in [-0.2, 0) is 4.79 Å². The molecule has 0 amide bonds. The zero-order valence-electron chi connectivity index (χ0n) is 21.0. The number of benzene rings is 3. The van der Waals surface area contributed by atoms with Crippen LogP contribution in [-0.4, -0.2) is 46.0 Å². The molecule has 36 heavy (non-hydrogen) atoms. The summed E-state index contributed by atoms with van der Waals surface area (Å²) in [5, 5.41) is 3.22. The van der Waals surface area contributed by atoms with Gasteiger partial charge < -0.3 is 30.1 Å². The van der Waals surface area contributed by atoms with E-state index in [4.69, 9.17) is 19.9 Å². The van der Waals surface area contributed by atoms with Crippen LogP contribution in [0.2, 0.25) is 0 Å². The first kappa shape index (κ1) is 29.1. The molecule has 9 heteroatoms. The molecule has 3 rings (SSSR count). The zero-order chi connectivity index (χ0) is 26.3. The number of aldehydes is 1. The zero-order valence-corrected chi connectivity index (χ0v) is 22.7. The molecule has 192 valence electrons. The number of hydrogen-bond donors (Lipinski definition) is 2. The van der Waals surface area contributed by atoms with E-state index in [9.17, 15) is 4.79 Å². The number of thioether (sulfide) groups is 2. The van der Waals surface area contributed by atoms with Gasteiger partial charge in [0.15, 0.2) is 11.5 Å². The molecule has 0 aromatic heterocycles. The lowest BCUT2D eigenvalue weighted by atomic mass is 10.1. The van der Waals surface area contributed by atoms with Crippen molar-refractivity contribution in [2.45, 2.75) is 22.8 Å². The summed E-state index contributed by atoms with van der Waals surface area (Å²) in [6, 6.07) is 18.9. The average Bonchev–Trinajstić information content (AvgIpc) is 2.92. The van der Waals surface area contributed by atoms with Crippen molar-refractivity contribution in [2.24, 2.45) is 10.7 Å². The van der Waals surface area contributed by atoms with Crippen molar-refractivity contribution in [3.05, 3.63) is 66.2 Å². The van der Waals surface area contributed by atoms with E-state index < -0.39 is 0 Å². The number of anilines is 1. The van der Waals surface area contributed by atoms with Gasteiger partial charge in [-0.15, -0.1) is 23.5 Å². The summed E-state index contributed by atoms with van der Waals surface area (Å²) in [5.74, 6) is 3.55. The molecule has 1 unspecified atom stereocenters. The highest BCUT2D eigenvalue weighted by Gasteiger charge is 2.13. The van der Waals surface area contributed by atoms with E-state index in [1.807, 2.05) is 54.6 Å². The molecule has 0 aliphatic rings. The Hall–Kier alpha value is -3.14. The van der Waals surface area contributed by atoms with Crippen LogP contribution in [0.4, 0.5) is 11.4 Å². The van der Waals surface area contributed by atoms with Crippen LogP contribution in [0.5, 0.6) is 17.2 Å². The summed E-state index contributed by atoms with van der Waals surface area (Å²) in [6.45, 7) is 5.63. The molecule has 3 aromatic rings. The van der Waals surface area contributed by atoms with Crippen molar-refractivity contribution in [3.63, 3.8) is 0 Å². The van der Waals surface area contributed by atoms with Gasteiger partial charge >= 0.3 is 0 Å². The molecule has 0 spiro atoms. The molecule has 0 saturated carbocycles. The number of carbonyl (C=O) groups is 1. The number of ether oxygens (including phenoxy) is 3. The first-order valence-electron chi connectivity index (χ1n) is 11.2. The smallest absolute Gasteiger partial charge is 0.162 e. The number of carbonyl (C=O) groups excluding carboxylic acids is 1. The lowest BCUT2D eigenvalue weighted by molar-refractivity contribution is -0.108. The highest BCUT2D eigenvalue weighted by Crippen LogP contribution is 2.39. The predicted molar refractivity (Wildman–Crippen MR) is 152 cm³/mol. The minimum absolute atomic E-state index is 0.387. The summed E-state index contributed by atoms with van der Waals surface area (Å²) < 4.78 is 15.6. The van der Waals surface area contributed by atoms with Crippen LogP contribution in [0.1, 0.15) is 18.5 Å². The molecule has 0 aliphatic heterocycles.